The van der Waals surface area contributed by atoms with Gasteiger partial charge in [0.15, 0.2) is 0 Å². The topological polar surface area (TPSA) is 96.3 Å². The minimum atomic E-state index is -1.56. The van der Waals surface area contributed by atoms with Gasteiger partial charge in [-0.05, 0) is 37.5 Å². The normalized spacial score (nSPS) is 11.8. The standard InChI is InChI=1S/C28H25N3O5S/c1-17-20-24(32)31(28(2,3)26(33)35-4)27(34)30(25(20)37-22(17)23-29-15-16-36-23)21(18-11-7-5-8-12-18)19-13-9-6-10-14-19/h5-16,21H,1-4H3. The van der Waals surface area contributed by atoms with Gasteiger partial charge in [0.1, 0.15) is 16.6 Å². The van der Waals surface area contributed by atoms with Crippen molar-refractivity contribution in [2.75, 3.05) is 7.11 Å². The lowest BCUT2D eigenvalue weighted by atomic mass is 9.98. The summed E-state index contributed by atoms with van der Waals surface area (Å²) < 4.78 is 13.1. The molecule has 37 heavy (non-hydrogen) atoms. The van der Waals surface area contributed by atoms with Gasteiger partial charge in [-0.15, -0.1) is 11.3 Å². The highest BCUT2D eigenvalue weighted by Crippen LogP contribution is 2.38. The number of rotatable bonds is 6. The zero-order valence-electron chi connectivity index (χ0n) is 20.8. The maximum absolute atomic E-state index is 14.4. The summed E-state index contributed by atoms with van der Waals surface area (Å²) >= 11 is 1.26. The third-order valence-electron chi connectivity index (χ3n) is 6.52. The number of aromatic nitrogens is 3. The van der Waals surface area contributed by atoms with E-state index < -0.39 is 28.8 Å². The molecule has 2 aromatic carbocycles. The third kappa shape index (κ3) is 3.92. The maximum Gasteiger partial charge on any atom is 0.333 e. The molecule has 0 spiro atoms. The van der Waals surface area contributed by atoms with Gasteiger partial charge in [-0.3, -0.25) is 9.36 Å². The molecule has 0 N–H and O–H groups in total. The smallest absolute Gasteiger partial charge is 0.333 e. The van der Waals surface area contributed by atoms with Crippen molar-refractivity contribution in [3.05, 3.63) is 111 Å². The number of fused-ring (bicyclic) bond motifs is 1. The van der Waals surface area contributed by atoms with Crippen LogP contribution in [0.1, 0.15) is 36.6 Å². The second kappa shape index (κ2) is 9.33. The first kappa shape index (κ1) is 24.5. The van der Waals surface area contributed by atoms with Crippen molar-refractivity contribution >= 4 is 27.5 Å². The number of ether oxygens (including phenoxy) is 1. The summed E-state index contributed by atoms with van der Waals surface area (Å²) in [7, 11) is 1.24. The molecule has 188 valence electrons. The maximum atomic E-state index is 14.4. The van der Waals surface area contributed by atoms with Crippen molar-refractivity contribution in [2.24, 2.45) is 0 Å². The average molecular weight is 516 g/mol. The summed E-state index contributed by atoms with van der Waals surface area (Å²) in [5, 5.41) is 0.326. The summed E-state index contributed by atoms with van der Waals surface area (Å²) in [4.78, 5) is 46.5. The highest BCUT2D eigenvalue weighted by molar-refractivity contribution is 7.22. The molecular formula is C28H25N3O5S. The van der Waals surface area contributed by atoms with Gasteiger partial charge in [-0.1, -0.05) is 60.7 Å². The summed E-state index contributed by atoms with van der Waals surface area (Å²) in [5.41, 5.74) is -0.433. The average Bonchev–Trinajstić information content (AvgIpc) is 3.55. The summed E-state index contributed by atoms with van der Waals surface area (Å²) in [6.45, 7) is 4.81. The van der Waals surface area contributed by atoms with Crippen LogP contribution < -0.4 is 11.2 Å². The molecule has 0 fully saturated rings. The molecule has 0 aliphatic heterocycles. The lowest BCUT2D eigenvalue weighted by Crippen LogP contribution is -2.53. The van der Waals surface area contributed by atoms with Crippen LogP contribution in [-0.4, -0.2) is 27.2 Å². The Labute approximate surface area is 216 Å². The van der Waals surface area contributed by atoms with Crippen molar-refractivity contribution in [3.63, 3.8) is 0 Å². The lowest BCUT2D eigenvalue weighted by molar-refractivity contribution is -0.149. The third-order valence-corrected chi connectivity index (χ3v) is 7.80. The number of hydrogen-bond acceptors (Lipinski definition) is 7. The largest absolute Gasteiger partial charge is 0.467 e. The summed E-state index contributed by atoms with van der Waals surface area (Å²) in [5.74, 6) is -0.346. The molecule has 3 heterocycles. The number of carbonyl (C=O) groups is 1. The molecule has 9 heteroatoms. The Morgan fingerprint density at radius 3 is 2.14 bits per heavy atom. The van der Waals surface area contributed by atoms with Gasteiger partial charge < -0.3 is 9.15 Å². The predicted octanol–water partition coefficient (Wildman–Crippen LogP) is 4.73. The molecule has 0 aliphatic rings. The highest BCUT2D eigenvalue weighted by Gasteiger charge is 2.38. The molecule has 0 radical (unpaired) electrons. The van der Waals surface area contributed by atoms with Crippen LogP contribution in [0.4, 0.5) is 0 Å². The van der Waals surface area contributed by atoms with Gasteiger partial charge in [0.05, 0.1) is 29.6 Å². The number of hydrogen-bond donors (Lipinski definition) is 0. The van der Waals surface area contributed by atoms with Crippen LogP contribution in [0, 0.1) is 6.92 Å². The Bertz CT molecular complexity index is 1660. The molecule has 0 aliphatic carbocycles. The number of esters is 1. The van der Waals surface area contributed by atoms with E-state index in [4.69, 9.17) is 9.15 Å². The van der Waals surface area contributed by atoms with E-state index in [1.165, 1.54) is 44.8 Å². The van der Waals surface area contributed by atoms with Crippen molar-refractivity contribution in [3.8, 4) is 10.8 Å². The van der Waals surface area contributed by atoms with Gasteiger partial charge in [-0.2, -0.15) is 0 Å². The fourth-order valence-corrected chi connectivity index (χ4v) is 5.94. The number of oxazole rings is 1. The van der Waals surface area contributed by atoms with Gasteiger partial charge in [0.25, 0.3) is 5.56 Å². The molecular weight excluding hydrogens is 490 g/mol. The second-order valence-electron chi connectivity index (χ2n) is 9.14. The first-order chi connectivity index (χ1) is 17.8. The number of methoxy groups -OCH3 is 1. The van der Waals surface area contributed by atoms with E-state index in [1.54, 1.807) is 11.5 Å². The Hall–Kier alpha value is -4.24. The molecule has 0 unspecified atom stereocenters. The van der Waals surface area contributed by atoms with Crippen molar-refractivity contribution in [1.82, 2.24) is 14.1 Å². The molecule has 0 atom stereocenters. The van der Waals surface area contributed by atoms with Crippen molar-refractivity contribution in [2.45, 2.75) is 32.4 Å². The number of nitrogens with zero attached hydrogens (tertiary/aromatic N) is 3. The Balaban J connectivity index is 1.98. The van der Waals surface area contributed by atoms with E-state index in [0.717, 1.165) is 15.7 Å². The van der Waals surface area contributed by atoms with Crippen LogP contribution >= 0.6 is 11.3 Å². The van der Waals surface area contributed by atoms with E-state index in [1.807, 2.05) is 60.7 Å². The molecule has 0 saturated carbocycles. The molecule has 5 rings (SSSR count). The molecule has 3 aromatic heterocycles. The molecule has 0 saturated heterocycles. The van der Waals surface area contributed by atoms with Crippen LogP contribution in [0.2, 0.25) is 0 Å². The molecule has 8 nitrogen and oxygen atoms in total. The predicted molar refractivity (Wildman–Crippen MR) is 142 cm³/mol. The molecule has 5 aromatic rings. The highest BCUT2D eigenvalue weighted by atomic mass is 32.1. The van der Waals surface area contributed by atoms with E-state index in [9.17, 15) is 14.4 Å². The van der Waals surface area contributed by atoms with Crippen LogP contribution in [-0.2, 0) is 15.1 Å². The van der Waals surface area contributed by atoms with Crippen LogP contribution in [0.15, 0.2) is 87.1 Å². The summed E-state index contributed by atoms with van der Waals surface area (Å²) in [6, 6.07) is 18.6. The number of carbonyl (C=O) groups excluding carboxylic acids is 1. The van der Waals surface area contributed by atoms with Gasteiger partial charge in [-0.25, -0.2) is 19.1 Å². The van der Waals surface area contributed by atoms with Gasteiger partial charge in [0.2, 0.25) is 5.89 Å². The Morgan fingerprint density at radius 1 is 1.03 bits per heavy atom. The first-order valence-corrected chi connectivity index (χ1v) is 12.5. The van der Waals surface area contributed by atoms with Crippen molar-refractivity contribution < 1.29 is 13.9 Å². The van der Waals surface area contributed by atoms with E-state index in [2.05, 4.69) is 4.98 Å². The van der Waals surface area contributed by atoms with Crippen LogP contribution in [0.5, 0.6) is 0 Å². The lowest BCUT2D eigenvalue weighted by Gasteiger charge is -2.28. The zero-order valence-corrected chi connectivity index (χ0v) is 21.6. The van der Waals surface area contributed by atoms with Gasteiger partial charge >= 0.3 is 11.7 Å². The Morgan fingerprint density at radius 2 is 1.62 bits per heavy atom. The first-order valence-electron chi connectivity index (χ1n) is 11.7. The Kier molecular flexibility index (Phi) is 6.16. The quantitative estimate of drug-likeness (QED) is 0.303. The number of aryl methyl sites for hydroxylation is 1. The fourth-order valence-electron chi connectivity index (χ4n) is 4.68. The minimum Gasteiger partial charge on any atom is -0.467 e. The monoisotopic (exact) mass is 515 g/mol. The van der Waals surface area contributed by atoms with Crippen LogP contribution in [0.3, 0.4) is 0 Å². The summed E-state index contributed by atoms with van der Waals surface area (Å²) in [6.07, 6.45) is 2.99. The van der Waals surface area contributed by atoms with E-state index >= 15 is 0 Å². The van der Waals surface area contributed by atoms with E-state index in [-0.39, 0.29) is 0 Å². The zero-order chi connectivity index (χ0) is 26.3. The second-order valence-corrected chi connectivity index (χ2v) is 10.1. The SMILES string of the molecule is COC(=O)C(C)(C)n1c(=O)c2c(C)c(-c3ncco3)sc2n(C(c2ccccc2)c2ccccc2)c1=O. The molecule has 0 amide bonds. The minimum absolute atomic E-state index is 0.326. The number of benzene rings is 2. The van der Waals surface area contributed by atoms with Gasteiger partial charge in [0, 0.05) is 0 Å². The molecule has 0 bridgehead atoms. The fraction of sp³-hybridized carbons (Fsp3) is 0.214. The number of thiophene rings is 1. The van der Waals surface area contributed by atoms with E-state index in [0.29, 0.717) is 26.5 Å². The van der Waals surface area contributed by atoms with Crippen LogP contribution in [0.25, 0.3) is 21.0 Å². The van der Waals surface area contributed by atoms with Crippen molar-refractivity contribution in [1.29, 1.82) is 0 Å².